The van der Waals surface area contributed by atoms with Crippen LogP contribution in [0.25, 0.3) is 0 Å². The zero-order chi connectivity index (χ0) is 15.6. The number of nitrogens with zero attached hydrogens (tertiary/aromatic N) is 2. The molecule has 1 heterocycles. The van der Waals surface area contributed by atoms with E-state index in [1.807, 2.05) is 20.8 Å². The average Bonchev–Trinajstić information content (AvgIpc) is 2.36. The van der Waals surface area contributed by atoms with E-state index in [2.05, 4.69) is 14.2 Å². The standard InChI is InChI=1S/C11H15F3N2O3S/c1-4-10(3,5-2)9-15-7-6-8(16-9)19-20(17,18)11(12,13)14/h6-7H,4-5H2,1-3H3. The Kier molecular flexibility index (Phi) is 4.62. The number of hydrogen-bond acceptors (Lipinski definition) is 5. The van der Waals surface area contributed by atoms with Gasteiger partial charge in [-0.05, 0) is 12.8 Å². The Morgan fingerprint density at radius 3 is 2.25 bits per heavy atom. The highest BCUT2D eigenvalue weighted by atomic mass is 32.2. The molecule has 9 heteroatoms. The summed E-state index contributed by atoms with van der Waals surface area (Å²) in [5.74, 6) is -0.391. The molecule has 0 spiro atoms. The van der Waals surface area contributed by atoms with Crippen LogP contribution in [-0.4, -0.2) is 23.9 Å². The molecule has 0 saturated heterocycles. The van der Waals surface area contributed by atoms with Crippen LogP contribution < -0.4 is 4.18 Å². The van der Waals surface area contributed by atoms with Crippen LogP contribution in [0.15, 0.2) is 12.3 Å². The fraction of sp³-hybridized carbons (Fsp3) is 0.636. The predicted octanol–water partition coefficient (Wildman–Crippen LogP) is 2.78. The van der Waals surface area contributed by atoms with Crippen molar-refractivity contribution in [3.8, 4) is 5.88 Å². The van der Waals surface area contributed by atoms with E-state index in [-0.39, 0.29) is 5.82 Å². The van der Waals surface area contributed by atoms with Crippen molar-refractivity contribution in [2.75, 3.05) is 0 Å². The molecule has 0 N–H and O–H groups in total. The summed E-state index contributed by atoms with van der Waals surface area (Å²) >= 11 is 0. The maximum absolute atomic E-state index is 12.2. The zero-order valence-corrected chi connectivity index (χ0v) is 12.0. The molecule has 114 valence electrons. The summed E-state index contributed by atoms with van der Waals surface area (Å²) in [7, 11) is -5.72. The first kappa shape index (κ1) is 16.7. The van der Waals surface area contributed by atoms with Crippen LogP contribution in [0.3, 0.4) is 0 Å². The lowest BCUT2D eigenvalue weighted by Crippen LogP contribution is -2.29. The van der Waals surface area contributed by atoms with Gasteiger partial charge >= 0.3 is 15.6 Å². The fourth-order valence-electron chi connectivity index (χ4n) is 1.41. The van der Waals surface area contributed by atoms with Gasteiger partial charge in [-0.25, -0.2) is 4.98 Å². The van der Waals surface area contributed by atoms with Crippen molar-refractivity contribution < 1.29 is 25.8 Å². The highest BCUT2D eigenvalue weighted by Crippen LogP contribution is 2.30. The van der Waals surface area contributed by atoms with Crippen LogP contribution in [0, 0.1) is 0 Å². The smallest absolute Gasteiger partial charge is 0.355 e. The van der Waals surface area contributed by atoms with Crippen LogP contribution in [-0.2, 0) is 15.5 Å². The quantitative estimate of drug-likeness (QED) is 0.617. The van der Waals surface area contributed by atoms with Crippen molar-refractivity contribution in [3.63, 3.8) is 0 Å². The second-order valence-corrected chi connectivity index (χ2v) is 6.01. The van der Waals surface area contributed by atoms with Gasteiger partial charge in [0.1, 0.15) is 5.82 Å². The van der Waals surface area contributed by atoms with Crippen molar-refractivity contribution in [3.05, 3.63) is 18.1 Å². The van der Waals surface area contributed by atoms with Crippen LogP contribution >= 0.6 is 0 Å². The van der Waals surface area contributed by atoms with Gasteiger partial charge in [-0.2, -0.15) is 26.6 Å². The van der Waals surface area contributed by atoms with Crippen molar-refractivity contribution in [1.82, 2.24) is 9.97 Å². The predicted molar refractivity (Wildman–Crippen MR) is 65.6 cm³/mol. The van der Waals surface area contributed by atoms with E-state index in [1.165, 1.54) is 6.20 Å². The van der Waals surface area contributed by atoms with Gasteiger partial charge < -0.3 is 4.18 Å². The highest BCUT2D eigenvalue weighted by Gasteiger charge is 2.49. The molecule has 0 atom stereocenters. The summed E-state index contributed by atoms with van der Waals surface area (Å²) in [6.07, 6.45) is 2.48. The number of rotatable bonds is 5. The van der Waals surface area contributed by atoms with Gasteiger partial charge in [0.15, 0.2) is 0 Å². The van der Waals surface area contributed by atoms with E-state index in [0.717, 1.165) is 6.07 Å². The van der Waals surface area contributed by atoms with Gasteiger partial charge in [0, 0.05) is 17.7 Å². The molecule has 5 nitrogen and oxygen atoms in total. The molecule has 20 heavy (non-hydrogen) atoms. The fourth-order valence-corrected chi connectivity index (χ4v) is 1.82. The lowest BCUT2D eigenvalue weighted by atomic mass is 9.84. The van der Waals surface area contributed by atoms with E-state index < -0.39 is 26.9 Å². The normalized spacial score (nSPS) is 13.3. The molecule has 0 aliphatic heterocycles. The molecule has 0 bridgehead atoms. The zero-order valence-electron chi connectivity index (χ0n) is 11.2. The maximum atomic E-state index is 12.2. The monoisotopic (exact) mass is 312 g/mol. The van der Waals surface area contributed by atoms with E-state index in [4.69, 9.17) is 0 Å². The van der Waals surface area contributed by atoms with Crippen molar-refractivity contribution >= 4 is 10.1 Å². The third-order valence-electron chi connectivity index (χ3n) is 3.21. The van der Waals surface area contributed by atoms with Crippen molar-refractivity contribution in [2.24, 2.45) is 0 Å². The summed E-state index contributed by atoms with van der Waals surface area (Å²) in [5, 5.41) is 0. The van der Waals surface area contributed by atoms with Gasteiger partial charge in [-0.3, -0.25) is 0 Å². The van der Waals surface area contributed by atoms with E-state index in [1.54, 1.807) is 0 Å². The van der Waals surface area contributed by atoms with E-state index in [0.29, 0.717) is 12.8 Å². The van der Waals surface area contributed by atoms with Gasteiger partial charge in [-0.1, -0.05) is 20.8 Å². The molecule has 0 unspecified atom stereocenters. The Morgan fingerprint density at radius 2 is 1.80 bits per heavy atom. The Bertz CT molecular complexity index is 569. The van der Waals surface area contributed by atoms with Crippen molar-refractivity contribution in [2.45, 2.75) is 44.5 Å². The minimum Gasteiger partial charge on any atom is -0.355 e. The van der Waals surface area contributed by atoms with Crippen LogP contribution in [0.4, 0.5) is 13.2 Å². The van der Waals surface area contributed by atoms with Gasteiger partial charge in [0.05, 0.1) is 0 Å². The number of alkyl halides is 3. The van der Waals surface area contributed by atoms with Gasteiger partial charge in [-0.15, -0.1) is 0 Å². The van der Waals surface area contributed by atoms with Gasteiger partial charge in [0.2, 0.25) is 5.88 Å². The summed E-state index contributed by atoms with van der Waals surface area (Å²) in [6, 6.07) is 0.971. The first-order chi connectivity index (χ1) is 9.05. The Hall–Kier alpha value is -1.38. The number of hydrogen-bond donors (Lipinski definition) is 0. The summed E-state index contributed by atoms with van der Waals surface area (Å²) < 4.78 is 62.5. The van der Waals surface area contributed by atoms with E-state index >= 15 is 0 Å². The Balaban J connectivity index is 3.13. The topological polar surface area (TPSA) is 69.2 Å². The number of aromatic nitrogens is 2. The lowest BCUT2D eigenvalue weighted by Gasteiger charge is -2.24. The van der Waals surface area contributed by atoms with E-state index in [9.17, 15) is 21.6 Å². The molecule has 0 aromatic carbocycles. The Labute approximate surface area is 115 Å². The van der Waals surface area contributed by atoms with Crippen LogP contribution in [0.1, 0.15) is 39.4 Å². The molecular weight excluding hydrogens is 297 g/mol. The lowest BCUT2D eigenvalue weighted by molar-refractivity contribution is -0.0501. The molecule has 1 aromatic rings. The highest BCUT2D eigenvalue weighted by molar-refractivity contribution is 7.87. The molecular formula is C11H15F3N2O3S. The molecule has 0 fully saturated rings. The first-order valence-electron chi connectivity index (χ1n) is 5.90. The summed E-state index contributed by atoms with van der Waals surface area (Å²) in [5.41, 5.74) is -5.95. The molecule has 0 aliphatic carbocycles. The second-order valence-electron chi connectivity index (χ2n) is 4.47. The van der Waals surface area contributed by atoms with Crippen LogP contribution in [0.5, 0.6) is 5.88 Å². The minimum atomic E-state index is -5.72. The second kappa shape index (κ2) is 5.55. The molecule has 0 radical (unpaired) electrons. The van der Waals surface area contributed by atoms with Gasteiger partial charge in [0.25, 0.3) is 0 Å². The molecule has 0 amide bonds. The molecule has 0 saturated carbocycles. The molecule has 1 aromatic heterocycles. The molecule has 0 aliphatic rings. The summed E-state index contributed by atoms with van der Waals surface area (Å²) in [4.78, 5) is 7.75. The Morgan fingerprint density at radius 1 is 1.25 bits per heavy atom. The number of halogens is 3. The summed E-state index contributed by atoms with van der Waals surface area (Å²) in [6.45, 7) is 5.60. The maximum Gasteiger partial charge on any atom is 0.534 e. The largest absolute Gasteiger partial charge is 0.534 e. The first-order valence-corrected chi connectivity index (χ1v) is 7.31. The van der Waals surface area contributed by atoms with Crippen molar-refractivity contribution in [1.29, 1.82) is 0 Å². The minimum absolute atomic E-state index is 0.248. The third kappa shape index (κ3) is 3.38. The average molecular weight is 312 g/mol. The third-order valence-corrected chi connectivity index (χ3v) is 4.17. The van der Waals surface area contributed by atoms with Crippen LogP contribution in [0.2, 0.25) is 0 Å². The SMILES string of the molecule is CCC(C)(CC)c1nccc(OS(=O)(=O)C(F)(F)F)n1. The molecule has 1 rings (SSSR count).